The summed E-state index contributed by atoms with van der Waals surface area (Å²) >= 11 is 0. The number of amides is 1. The number of nitriles is 1. The molecule has 1 aliphatic heterocycles. The summed E-state index contributed by atoms with van der Waals surface area (Å²) in [6, 6.07) is 3.93. The fourth-order valence-electron chi connectivity index (χ4n) is 3.77. The molecular formula is C19H21N7O2. The van der Waals surface area contributed by atoms with E-state index in [1.807, 2.05) is 18.3 Å². The average molecular weight is 379 g/mol. The first kappa shape index (κ1) is 18.0. The van der Waals surface area contributed by atoms with Gasteiger partial charge in [0.05, 0.1) is 17.3 Å². The second-order valence-corrected chi connectivity index (χ2v) is 7.23. The first-order valence-electron chi connectivity index (χ1n) is 9.23. The minimum atomic E-state index is -0.130. The first-order chi connectivity index (χ1) is 13.5. The lowest BCUT2D eigenvalue weighted by Crippen LogP contribution is -2.48. The lowest BCUT2D eigenvalue weighted by molar-refractivity contribution is -0.132. The van der Waals surface area contributed by atoms with Gasteiger partial charge in [0.2, 0.25) is 11.8 Å². The Labute approximate surface area is 161 Å². The third kappa shape index (κ3) is 3.41. The number of pyridine rings is 1. The number of fused-ring (bicyclic) bond motifs is 1. The average Bonchev–Trinajstić information content (AvgIpc) is 3.30. The van der Waals surface area contributed by atoms with Crippen molar-refractivity contribution in [3.05, 3.63) is 24.4 Å². The predicted octanol–water partition coefficient (Wildman–Crippen LogP) is 2.48. The quantitative estimate of drug-likeness (QED) is 0.713. The third-order valence-corrected chi connectivity index (χ3v) is 4.93. The number of aromatic nitrogens is 4. The van der Waals surface area contributed by atoms with Crippen LogP contribution in [0.4, 0.5) is 5.69 Å². The molecule has 3 aromatic rings. The van der Waals surface area contributed by atoms with Gasteiger partial charge < -0.3 is 19.6 Å². The molecule has 1 fully saturated rings. The number of hydrogen-bond donors (Lipinski definition) is 2. The van der Waals surface area contributed by atoms with E-state index in [1.54, 1.807) is 18.0 Å². The van der Waals surface area contributed by atoms with Crippen LogP contribution in [0.15, 0.2) is 22.9 Å². The highest BCUT2D eigenvalue weighted by Crippen LogP contribution is 2.34. The number of H-pyrrole nitrogens is 1. The predicted molar refractivity (Wildman–Crippen MR) is 102 cm³/mol. The van der Waals surface area contributed by atoms with Gasteiger partial charge in [0.25, 0.3) is 5.89 Å². The fourth-order valence-corrected chi connectivity index (χ4v) is 3.77. The zero-order valence-electron chi connectivity index (χ0n) is 15.8. The van der Waals surface area contributed by atoms with Gasteiger partial charge in [-0.15, -0.1) is 10.2 Å². The number of anilines is 1. The largest absolute Gasteiger partial charge is 0.421 e. The maximum absolute atomic E-state index is 12.2. The Balaban J connectivity index is 1.67. The van der Waals surface area contributed by atoms with Crippen molar-refractivity contribution in [2.24, 2.45) is 5.92 Å². The van der Waals surface area contributed by atoms with Crippen LogP contribution in [0.5, 0.6) is 0 Å². The first-order valence-corrected chi connectivity index (χ1v) is 9.23. The molecule has 0 aliphatic carbocycles. The Hall–Kier alpha value is -3.41. The second-order valence-electron chi connectivity index (χ2n) is 7.23. The highest BCUT2D eigenvalue weighted by Gasteiger charge is 2.29. The van der Waals surface area contributed by atoms with Crippen molar-refractivity contribution in [3.8, 4) is 17.5 Å². The monoisotopic (exact) mass is 379 g/mol. The Bertz CT molecular complexity index is 1050. The van der Waals surface area contributed by atoms with Crippen molar-refractivity contribution in [3.63, 3.8) is 0 Å². The molecule has 4 rings (SSSR count). The minimum absolute atomic E-state index is 0.0367. The summed E-state index contributed by atoms with van der Waals surface area (Å²) in [6.07, 6.45) is 4.35. The smallest absolute Gasteiger partial charge is 0.251 e. The molecule has 0 saturated carbocycles. The third-order valence-electron chi connectivity index (χ3n) is 4.93. The molecule has 28 heavy (non-hydrogen) atoms. The summed E-state index contributed by atoms with van der Waals surface area (Å²) in [5.41, 5.74) is 2.33. The standard InChI is InChI=1S/C19H21N7O2/c1-11-7-13(10-26(9-11)16(27)3-5-20)23-17-14-4-6-21-18(14)22-8-15(17)19-25-24-12(2)28-19/h4,6,8,11,13H,3,7,9-10H2,1-2H3,(H2,21,22,23)/t11-,13+/m0/s1. The summed E-state index contributed by atoms with van der Waals surface area (Å²) in [5, 5.41) is 21.4. The molecule has 3 aromatic heterocycles. The molecule has 0 spiro atoms. The number of piperidine rings is 1. The molecule has 1 amide bonds. The van der Waals surface area contributed by atoms with E-state index < -0.39 is 0 Å². The molecule has 9 heteroatoms. The Morgan fingerprint density at radius 2 is 2.32 bits per heavy atom. The van der Waals surface area contributed by atoms with Crippen molar-refractivity contribution in [2.45, 2.75) is 32.7 Å². The number of carbonyl (C=O) groups excluding carboxylic acids is 1. The molecule has 1 aliphatic rings. The van der Waals surface area contributed by atoms with E-state index in [0.717, 1.165) is 28.7 Å². The van der Waals surface area contributed by atoms with Crippen LogP contribution in [0, 0.1) is 24.2 Å². The van der Waals surface area contributed by atoms with Gasteiger partial charge in [0, 0.05) is 43.8 Å². The normalized spacial score (nSPS) is 19.5. The van der Waals surface area contributed by atoms with Crippen LogP contribution in [0.1, 0.15) is 25.7 Å². The van der Waals surface area contributed by atoms with Crippen LogP contribution in [0.2, 0.25) is 0 Å². The number of carbonyl (C=O) groups is 1. The molecule has 4 heterocycles. The van der Waals surface area contributed by atoms with Crippen molar-refractivity contribution < 1.29 is 9.21 Å². The summed E-state index contributed by atoms with van der Waals surface area (Å²) in [6.45, 7) is 5.07. The van der Waals surface area contributed by atoms with Crippen LogP contribution in [0.3, 0.4) is 0 Å². The zero-order chi connectivity index (χ0) is 19.7. The van der Waals surface area contributed by atoms with Gasteiger partial charge in [-0.1, -0.05) is 6.92 Å². The van der Waals surface area contributed by atoms with Crippen LogP contribution >= 0.6 is 0 Å². The summed E-state index contributed by atoms with van der Waals surface area (Å²) in [7, 11) is 0. The Morgan fingerprint density at radius 3 is 3.07 bits per heavy atom. The van der Waals surface area contributed by atoms with E-state index in [1.165, 1.54) is 0 Å². The van der Waals surface area contributed by atoms with Crippen molar-refractivity contribution in [1.82, 2.24) is 25.1 Å². The highest BCUT2D eigenvalue weighted by atomic mass is 16.4. The summed E-state index contributed by atoms with van der Waals surface area (Å²) in [5.74, 6) is 1.08. The highest BCUT2D eigenvalue weighted by molar-refractivity contribution is 5.97. The van der Waals surface area contributed by atoms with Gasteiger partial charge in [-0.3, -0.25) is 4.79 Å². The van der Waals surface area contributed by atoms with E-state index in [9.17, 15) is 4.79 Å². The van der Waals surface area contributed by atoms with Crippen LogP contribution < -0.4 is 5.32 Å². The molecule has 0 unspecified atom stereocenters. The zero-order valence-corrected chi connectivity index (χ0v) is 15.8. The molecule has 0 radical (unpaired) electrons. The molecule has 0 bridgehead atoms. The van der Waals surface area contributed by atoms with Crippen LogP contribution in [-0.2, 0) is 4.79 Å². The number of rotatable bonds is 4. The topological polar surface area (TPSA) is 124 Å². The van der Waals surface area contributed by atoms with Crippen molar-refractivity contribution >= 4 is 22.6 Å². The van der Waals surface area contributed by atoms with Crippen molar-refractivity contribution in [2.75, 3.05) is 18.4 Å². The van der Waals surface area contributed by atoms with E-state index in [4.69, 9.17) is 9.68 Å². The molecule has 9 nitrogen and oxygen atoms in total. The molecule has 2 atom stereocenters. The number of nitrogens with zero attached hydrogens (tertiary/aromatic N) is 5. The number of likely N-dealkylation sites (tertiary alicyclic amines) is 1. The van der Waals surface area contributed by atoms with Gasteiger partial charge in [-0.2, -0.15) is 5.26 Å². The van der Waals surface area contributed by atoms with E-state index in [2.05, 4.69) is 32.4 Å². The summed E-state index contributed by atoms with van der Waals surface area (Å²) < 4.78 is 5.62. The SMILES string of the molecule is Cc1nnc(-c2cnc3[nH]ccc3c2N[C@@H]2C[C@H](C)CN(C(=O)CC#N)C2)o1. The maximum Gasteiger partial charge on any atom is 0.251 e. The number of hydrogen-bond acceptors (Lipinski definition) is 7. The Morgan fingerprint density at radius 1 is 1.46 bits per heavy atom. The van der Waals surface area contributed by atoms with Crippen LogP contribution in [0.25, 0.3) is 22.5 Å². The van der Waals surface area contributed by atoms with Gasteiger partial charge in [0.15, 0.2) is 0 Å². The Kier molecular flexibility index (Phi) is 4.69. The lowest BCUT2D eigenvalue weighted by Gasteiger charge is -2.37. The van der Waals surface area contributed by atoms with Gasteiger partial charge in [-0.05, 0) is 18.4 Å². The van der Waals surface area contributed by atoms with E-state index in [-0.39, 0.29) is 18.4 Å². The molecule has 1 saturated heterocycles. The van der Waals surface area contributed by atoms with Gasteiger partial charge in [-0.25, -0.2) is 4.98 Å². The number of nitrogens with one attached hydrogen (secondary N) is 2. The van der Waals surface area contributed by atoms with E-state index >= 15 is 0 Å². The summed E-state index contributed by atoms with van der Waals surface area (Å²) in [4.78, 5) is 21.6. The molecule has 0 aromatic carbocycles. The second kappa shape index (κ2) is 7.31. The molecule has 144 valence electrons. The van der Waals surface area contributed by atoms with Crippen molar-refractivity contribution in [1.29, 1.82) is 5.26 Å². The molecule has 2 N–H and O–H groups in total. The lowest BCUT2D eigenvalue weighted by atomic mass is 9.95. The van der Waals surface area contributed by atoms with Gasteiger partial charge >= 0.3 is 0 Å². The fraction of sp³-hybridized carbons (Fsp3) is 0.421. The van der Waals surface area contributed by atoms with Crippen LogP contribution in [-0.4, -0.2) is 50.1 Å². The molecular weight excluding hydrogens is 358 g/mol. The number of aromatic amines is 1. The van der Waals surface area contributed by atoms with E-state index in [0.29, 0.717) is 30.8 Å². The van der Waals surface area contributed by atoms with Gasteiger partial charge in [0.1, 0.15) is 12.1 Å². The minimum Gasteiger partial charge on any atom is -0.421 e. The maximum atomic E-state index is 12.2. The number of aryl methyl sites for hydroxylation is 1.